The Morgan fingerprint density at radius 3 is 2.60 bits per heavy atom. The monoisotopic (exact) mass is 208 g/mol. The molecule has 0 heterocycles. The first-order chi connectivity index (χ1) is 7.05. The summed E-state index contributed by atoms with van der Waals surface area (Å²) in [6.45, 7) is 7.35. The zero-order chi connectivity index (χ0) is 11.3. The quantitative estimate of drug-likeness (QED) is 0.770. The van der Waals surface area contributed by atoms with Gasteiger partial charge in [-0.2, -0.15) is 5.26 Å². The van der Waals surface area contributed by atoms with Gasteiger partial charge < -0.3 is 5.32 Å². The lowest BCUT2D eigenvalue weighted by Gasteiger charge is -2.30. The molecule has 1 N–H and O–H groups in total. The second kappa shape index (κ2) is 5.51. The van der Waals surface area contributed by atoms with Gasteiger partial charge in [0, 0.05) is 6.04 Å². The van der Waals surface area contributed by atoms with Gasteiger partial charge in [0.25, 0.3) is 0 Å². The average molecular weight is 208 g/mol. The predicted molar refractivity (Wildman–Crippen MR) is 63.4 cm³/mol. The van der Waals surface area contributed by atoms with Gasteiger partial charge in [-0.3, -0.25) is 0 Å². The summed E-state index contributed by atoms with van der Waals surface area (Å²) in [6.07, 6.45) is 6.38. The van der Waals surface area contributed by atoms with Crippen molar-refractivity contribution in [1.82, 2.24) is 5.32 Å². The molecule has 2 heteroatoms. The van der Waals surface area contributed by atoms with E-state index in [0.717, 1.165) is 18.9 Å². The summed E-state index contributed by atoms with van der Waals surface area (Å²) in [5.74, 6) is 0.809. The second-order valence-electron chi connectivity index (χ2n) is 5.57. The molecule has 0 aromatic rings. The van der Waals surface area contributed by atoms with Gasteiger partial charge >= 0.3 is 0 Å². The molecule has 0 aliphatic heterocycles. The summed E-state index contributed by atoms with van der Waals surface area (Å²) in [5, 5.41) is 12.5. The predicted octanol–water partition coefficient (Wildman–Crippen LogP) is 3.09. The lowest BCUT2D eigenvalue weighted by atomic mass is 9.85. The van der Waals surface area contributed by atoms with E-state index >= 15 is 0 Å². The third kappa shape index (κ3) is 4.22. The highest BCUT2D eigenvalue weighted by Crippen LogP contribution is 2.24. The van der Waals surface area contributed by atoms with Crippen LogP contribution in [0, 0.1) is 22.7 Å². The van der Waals surface area contributed by atoms with Gasteiger partial charge in [0.1, 0.15) is 0 Å². The molecule has 0 amide bonds. The molecule has 1 aliphatic carbocycles. The van der Waals surface area contributed by atoms with Gasteiger partial charge in [0.2, 0.25) is 0 Å². The van der Waals surface area contributed by atoms with Crippen molar-refractivity contribution >= 4 is 0 Å². The van der Waals surface area contributed by atoms with Crippen LogP contribution in [0.25, 0.3) is 0 Å². The van der Waals surface area contributed by atoms with Crippen LogP contribution in [0.1, 0.15) is 52.9 Å². The first-order valence-corrected chi connectivity index (χ1v) is 6.20. The van der Waals surface area contributed by atoms with Crippen molar-refractivity contribution in [3.05, 3.63) is 0 Å². The molecule has 86 valence electrons. The molecule has 2 unspecified atom stereocenters. The largest absolute Gasteiger partial charge is 0.314 e. The number of nitrogens with zero attached hydrogens (tertiary/aromatic N) is 1. The molecular weight excluding hydrogens is 184 g/mol. The molecular formula is C13H24N2. The zero-order valence-electron chi connectivity index (χ0n) is 10.3. The molecule has 0 radical (unpaired) electrons. The topological polar surface area (TPSA) is 35.8 Å². The Bertz CT molecular complexity index is 227. The molecule has 0 aromatic carbocycles. The Kier molecular flexibility index (Phi) is 4.60. The van der Waals surface area contributed by atoms with E-state index in [1.807, 2.05) is 13.8 Å². The molecule has 2 nitrogen and oxygen atoms in total. The fourth-order valence-electron chi connectivity index (χ4n) is 2.25. The highest BCUT2D eigenvalue weighted by molar-refractivity contribution is 4.92. The molecule has 0 spiro atoms. The maximum atomic E-state index is 8.91. The third-order valence-electron chi connectivity index (χ3n) is 3.57. The molecule has 1 aliphatic rings. The summed E-state index contributed by atoms with van der Waals surface area (Å²) in [4.78, 5) is 0. The minimum Gasteiger partial charge on any atom is -0.314 e. The van der Waals surface area contributed by atoms with Gasteiger partial charge in [0.15, 0.2) is 0 Å². The van der Waals surface area contributed by atoms with Crippen LogP contribution in [0.5, 0.6) is 0 Å². The van der Waals surface area contributed by atoms with Crippen LogP contribution >= 0.6 is 0 Å². The van der Waals surface area contributed by atoms with Crippen molar-refractivity contribution in [3.63, 3.8) is 0 Å². The average Bonchev–Trinajstić information content (AvgIpc) is 2.21. The minimum atomic E-state index is -0.176. The molecule has 0 aromatic heterocycles. The fourth-order valence-corrected chi connectivity index (χ4v) is 2.25. The molecule has 0 saturated heterocycles. The molecule has 1 saturated carbocycles. The van der Waals surface area contributed by atoms with Gasteiger partial charge in [-0.25, -0.2) is 0 Å². The normalized spacial score (nSPS) is 27.3. The van der Waals surface area contributed by atoms with E-state index in [4.69, 9.17) is 5.26 Å². The van der Waals surface area contributed by atoms with Crippen molar-refractivity contribution in [2.24, 2.45) is 11.3 Å². The first kappa shape index (κ1) is 12.5. The Morgan fingerprint density at radius 2 is 2.00 bits per heavy atom. The summed E-state index contributed by atoms with van der Waals surface area (Å²) in [6, 6.07) is 3.04. The number of hydrogen-bond acceptors (Lipinski definition) is 2. The highest BCUT2D eigenvalue weighted by atomic mass is 14.9. The summed E-state index contributed by atoms with van der Waals surface area (Å²) < 4.78 is 0. The van der Waals surface area contributed by atoms with Crippen LogP contribution in [0.3, 0.4) is 0 Å². The first-order valence-electron chi connectivity index (χ1n) is 6.20. The van der Waals surface area contributed by atoms with Crippen LogP contribution in [-0.4, -0.2) is 12.6 Å². The molecule has 0 bridgehead atoms. The Hall–Kier alpha value is -0.550. The van der Waals surface area contributed by atoms with Crippen LogP contribution in [0.15, 0.2) is 0 Å². The zero-order valence-corrected chi connectivity index (χ0v) is 10.3. The maximum Gasteiger partial charge on any atom is 0.0684 e. The highest BCUT2D eigenvalue weighted by Gasteiger charge is 2.22. The molecule has 1 rings (SSSR count). The lowest BCUT2D eigenvalue weighted by Crippen LogP contribution is -2.38. The van der Waals surface area contributed by atoms with E-state index in [0.29, 0.717) is 6.04 Å². The fraction of sp³-hybridized carbons (Fsp3) is 0.923. The van der Waals surface area contributed by atoms with E-state index in [2.05, 4.69) is 18.3 Å². The van der Waals surface area contributed by atoms with Crippen molar-refractivity contribution in [3.8, 4) is 6.07 Å². The van der Waals surface area contributed by atoms with Crippen molar-refractivity contribution in [2.75, 3.05) is 6.54 Å². The van der Waals surface area contributed by atoms with E-state index in [-0.39, 0.29) is 5.41 Å². The van der Waals surface area contributed by atoms with Crippen LogP contribution in [0.4, 0.5) is 0 Å². The van der Waals surface area contributed by atoms with Crippen molar-refractivity contribution in [2.45, 2.75) is 58.9 Å². The van der Waals surface area contributed by atoms with E-state index in [1.54, 1.807) is 0 Å². The van der Waals surface area contributed by atoms with Crippen molar-refractivity contribution in [1.29, 1.82) is 5.26 Å². The van der Waals surface area contributed by atoms with E-state index < -0.39 is 0 Å². The van der Waals surface area contributed by atoms with Gasteiger partial charge in [-0.05, 0) is 45.6 Å². The Labute approximate surface area is 94.1 Å². The third-order valence-corrected chi connectivity index (χ3v) is 3.57. The molecule has 15 heavy (non-hydrogen) atoms. The summed E-state index contributed by atoms with van der Waals surface area (Å²) >= 11 is 0. The van der Waals surface area contributed by atoms with E-state index in [1.165, 1.54) is 25.7 Å². The number of nitriles is 1. The SMILES string of the molecule is CC1CCCCC1NCCC(C)(C)C#N. The maximum absolute atomic E-state index is 8.91. The molecule has 1 fully saturated rings. The lowest BCUT2D eigenvalue weighted by molar-refractivity contribution is 0.271. The van der Waals surface area contributed by atoms with Crippen LogP contribution < -0.4 is 5.32 Å². The van der Waals surface area contributed by atoms with Gasteiger partial charge in [-0.15, -0.1) is 0 Å². The standard InChI is InChI=1S/C13H24N2/c1-11-6-4-5-7-12(11)15-9-8-13(2,3)10-14/h11-12,15H,4-9H2,1-3H3. The molecule has 2 atom stereocenters. The summed E-state index contributed by atoms with van der Waals surface area (Å²) in [5.41, 5.74) is -0.176. The number of nitrogens with one attached hydrogen (secondary N) is 1. The van der Waals surface area contributed by atoms with Crippen molar-refractivity contribution < 1.29 is 0 Å². The van der Waals surface area contributed by atoms with Gasteiger partial charge in [-0.1, -0.05) is 19.8 Å². The minimum absolute atomic E-state index is 0.176. The Balaban J connectivity index is 2.22. The summed E-state index contributed by atoms with van der Waals surface area (Å²) in [7, 11) is 0. The van der Waals surface area contributed by atoms with E-state index in [9.17, 15) is 0 Å². The number of hydrogen-bond donors (Lipinski definition) is 1. The van der Waals surface area contributed by atoms with Gasteiger partial charge in [0.05, 0.1) is 11.5 Å². The second-order valence-corrected chi connectivity index (χ2v) is 5.57. The van der Waals surface area contributed by atoms with Crippen LogP contribution in [0.2, 0.25) is 0 Å². The van der Waals surface area contributed by atoms with Crippen LogP contribution in [-0.2, 0) is 0 Å². The smallest absolute Gasteiger partial charge is 0.0684 e. The number of rotatable bonds is 4. The Morgan fingerprint density at radius 1 is 1.33 bits per heavy atom.